The van der Waals surface area contributed by atoms with E-state index in [1.807, 2.05) is 0 Å². The quantitative estimate of drug-likeness (QED) is 0.358. The molecule has 8 heavy (non-hydrogen) atoms. The number of nitrogens with zero attached hydrogens (tertiary/aromatic N) is 1. The summed E-state index contributed by atoms with van der Waals surface area (Å²) in [5, 5.41) is 2.61. The van der Waals surface area contributed by atoms with Crippen LogP contribution in [0.5, 0.6) is 0 Å². The lowest BCUT2D eigenvalue weighted by atomic mass is 10.0. The summed E-state index contributed by atoms with van der Waals surface area (Å²) in [6, 6.07) is 0. The van der Waals surface area contributed by atoms with Gasteiger partial charge in [0.2, 0.25) is 5.91 Å². The lowest BCUT2D eigenvalue weighted by Crippen LogP contribution is -2.49. The van der Waals surface area contributed by atoms with Gasteiger partial charge in [-0.2, -0.15) is 0 Å². The molecule has 1 aliphatic heterocycles. The Bertz CT molecular complexity index is 130. The summed E-state index contributed by atoms with van der Waals surface area (Å²) in [4.78, 5) is 14.1. The third-order valence-electron chi connectivity index (χ3n) is 1.16. The third kappa shape index (κ3) is 0.710. The molecule has 0 radical (unpaired) electrons. The summed E-state index contributed by atoms with van der Waals surface area (Å²) in [6.07, 6.45) is 1.67. The molecule has 0 aromatic rings. The second-order valence-corrected chi connectivity index (χ2v) is 1.76. The number of hydrogen-bond donors (Lipinski definition) is 1. The third-order valence-corrected chi connectivity index (χ3v) is 1.16. The number of carbonyl (C=O) groups excluding carboxylic acids is 1. The van der Waals surface area contributed by atoms with Crippen LogP contribution in [-0.4, -0.2) is 25.7 Å². The Morgan fingerprint density at radius 2 is 2.75 bits per heavy atom. The summed E-state index contributed by atoms with van der Waals surface area (Å²) < 4.78 is 0. The smallest absolute Gasteiger partial charge is 0.230 e. The van der Waals surface area contributed by atoms with E-state index in [9.17, 15) is 4.79 Å². The number of aliphatic imine (C=N–C) groups is 1. The molecule has 1 N–H and O–H groups in total. The minimum atomic E-state index is 0.0556. The molecule has 0 aliphatic carbocycles. The highest BCUT2D eigenvalue weighted by atomic mass is 16.2. The molecule has 0 aromatic heterocycles. The van der Waals surface area contributed by atoms with Crippen molar-refractivity contribution in [1.29, 1.82) is 0 Å². The van der Waals surface area contributed by atoms with E-state index in [1.165, 1.54) is 0 Å². The van der Waals surface area contributed by atoms with Gasteiger partial charge in [-0.15, -0.1) is 0 Å². The number of carbonyl (C=O) groups is 1. The van der Waals surface area contributed by atoms with Crippen LogP contribution in [0.3, 0.4) is 0 Å². The van der Waals surface area contributed by atoms with Crippen molar-refractivity contribution in [3.05, 3.63) is 0 Å². The minimum Gasteiger partial charge on any atom is -0.354 e. The minimum absolute atomic E-state index is 0.0556. The average Bonchev–Trinajstić information content (AvgIpc) is 1.79. The van der Waals surface area contributed by atoms with Gasteiger partial charge < -0.3 is 5.32 Å². The molecular weight excluding hydrogens is 104 g/mol. The van der Waals surface area contributed by atoms with Gasteiger partial charge in [-0.05, 0) is 0 Å². The number of amides is 1. The van der Waals surface area contributed by atoms with Crippen molar-refractivity contribution in [2.24, 2.45) is 10.9 Å². The van der Waals surface area contributed by atoms with Crippen LogP contribution in [0.2, 0.25) is 0 Å². The molecule has 0 bridgehead atoms. The van der Waals surface area contributed by atoms with Crippen molar-refractivity contribution in [2.45, 2.75) is 0 Å². The Morgan fingerprint density at radius 1 is 2.00 bits per heavy atom. The summed E-state index contributed by atoms with van der Waals surface area (Å²) in [5.74, 6) is 0.149. The monoisotopic (exact) mass is 112 g/mol. The molecule has 3 nitrogen and oxygen atoms in total. The topological polar surface area (TPSA) is 41.5 Å². The van der Waals surface area contributed by atoms with Crippen LogP contribution in [0.25, 0.3) is 0 Å². The van der Waals surface area contributed by atoms with Gasteiger partial charge in [0.25, 0.3) is 0 Å². The maximum atomic E-state index is 10.4. The highest BCUT2D eigenvalue weighted by Crippen LogP contribution is 1.99. The summed E-state index contributed by atoms with van der Waals surface area (Å²) in [7, 11) is 1.67. The molecule has 1 rings (SSSR count). The fraction of sp³-hybridized carbons (Fsp3) is 0.600. The lowest BCUT2D eigenvalue weighted by molar-refractivity contribution is -0.128. The predicted octanol–water partition coefficient (Wildman–Crippen LogP) is -0.567. The van der Waals surface area contributed by atoms with Gasteiger partial charge in [0.1, 0.15) is 0 Å². The van der Waals surface area contributed by atoms with E-state index in [2.05, 4.69) is 10.3 Å². The Balaban J connectivity index is 2.38. The molecule has 0 saturated carbocycles. The zero-order valence-corrected chi connectivity index (χ0v) is 4.72. The Morgan fingerprint density at radius 3 is 2.88 bits per heavy atom. The van der Waals surface area contributed by atoms with Crippen LogP contribution in [0, 0.1) is 5.92 Å². The van der Waals surface area contributed by atoms with Crippen molar-refractivity contribution >= 4 is 12.1 Å². The first-order chi connectivity index (χ1) is 3.84. The van der Waals surface area contributed by atoms with E-state index < -0.39 is 0 Å². The Kier molecular flexibility index (Phi) is 1.28. The zero-order chi connectivity index (χ0) is 5.98. The van der Waals surface area contributed by atoms with E-state index in [1.54, 1.807) is 13.3 Å². The second kappa shape index (κ2) is 1.94. The molecule has 44 valence electrons. The lowest BCUT2D eigenvalue weighted by Gasteiger charge is -2.21. The fourth-order valence-electron chi connectivity index (χ4n) is 0.604. The van der Waals surface area contributed by atoms with Gasteiger partial charge >= 0.3 is 0 Å². The summed E-state index contributed by atoms with van der Waals surface area (Å²) in [5.41, 5.74) is 0. The summed E-state index contributed by atoms with van der Waals surface area (Å²) in [6.45, 7) is 0.760. The highest BCUT2D eigenvalue weighted by Gasteiger charge is 2.24. The molecule has 3 heteroatoms. The number of hydrogen-bond acceptors (Lipinski definition) is 2. The highest BCUT2D eigenvalue weighted by molar-refractivity contribution is 5.98. The van der Waals surface area contributed by atoms with E-state index in [-0.39, 0.29) is 11.8 Å². The fourth-order valence-corrected chi connectivity index (χ4v) is 0.604. The Labute approximate surface area is 47.8 Å². The van der Waals surface area contributed by atoms with Gasteiger partial charge in [-0.25, -0.2) is 0 Å². The standard InChI is InChI=1S/C5H8N2O/c1-6-2-4-3-7-5(4)8/h2,4H,3H2,1H3,(H,7,8)/b6-2-. The molecule has 1 unspecified atom stereocenters. The van der Waals surface area contributed by atoms with Gasteiger partial charge in [0, 0.05) is 19.8 Å². The maximum Gasteiger partial charge on any atom is 0.230 e. The number of rotatable bonds is 1. The first-order valence-electron chi connectivity index (χ1n) is 2.54. The summed E-state index contributed by atoms with van der Waals surface area (Å²) >= 11 is 0. The Hall–Kier alpha value is -0.860. The van der Waals surface area contributed by atoms with Gasteiger partial charge in [0.05, 0.1) is 5.92 Å². The van der Waals surface area contributed by atoms with Crippen LogP contribution in [0.15, 0.2) is 4.99 Å². The van der Waals surface area contributed by atoms with Gasteiger partial charge in [-0.1, -0.05) is 0 Å². The van der Waals surface area contributed by atoms with Crippen LogP contribution in [0.1, 0.15) is 0 Å². The average molecular weight is 112 g/mol. The molecule has 1 saturated heterocycles. The molecule has 0 spiro atoms. The van der Waals surface area contributed by atoms with E-state index in [4.69, 9.17) is 0 Å². The van der Waals surface area contributed by atoms with Crippen molar-refractivity contribution in [2.75, 3.05) is 13.6 Å². The van der Waals surface area contributed by atoms with E-state index in [0.29, 0.717) is 0 Å². The molecule has 1 heterocycles. The molecule has 1 atom stereocenters. The number of β-lactam (4-membered cyclic amide) rings is 1. The molecule has 1 amide bonds. The second-order valence-electron chi connectivity index (χ2n) is 1.76. The van der Waals surface area contributed by atoms with Crippen molar-refractivity contribution < 1.29 is 4.79 Å². The molecule has 0 aromatic carbocycles. The van der Waals surface area contributed by atoms with Crippen LogP contribution in [0.4, 0.5) is 0 Å². The van der Waals surface area contributed by atoms with Crippen LogP contribution in [-0.2, 0) is 4.79 Å². The van der Waals surface area contributed by atoms with Crippen molar-refractivity contribution in [3.8, 4) is 0 Å². The first-order valence-corrected chi connectivity index (χ1v) is 2.54. The van der Waals surface area contributed by atoms with Gasteiger partial charge in [0.15, 0.2) is 0 Å². The molecule has 1 aliphatic rings. The zero-order valence-electron chi connectivity index (χ0n) is 4.72. The van der Waals surface area contributed by atoms with Gasteiger partial charge in [-0.3, -0.25) is 9.79 Å². The SMILES string of the molecule is C/N=C\C1CNC1=O. The molecule has 1 fully saturated rings. The molecular formula is C5H8N2O. The number of nitrogens with one attached hydrogen (secondary N) is 1. The largest absolute Gasteiger partial charge is 0.354 e. The normalized spacial score (nSPS) is 27.6. The van der Waals surface area contributed by atoms with Crippen LogP contribution >= 0.6 is 0 Å². The van der Waals surface area contributed by atoms with E-state index in [0.717, 1.165) is 6.54 Å². The van der Waals surface area contributed by atoms with Crippen molar-refractivity contribution in [1.82, 2.24) is 5.32 Å². The van der Waals surface area contributed by atoms with Crippen LogP contribution < -0.4 is 5.32 Å². The first kappa shape index (κ1) is 5.28. The maximum absolute atomic E-state index is 10.4. The predicted molar refractivity (Wildman–Crippen MR) is 30.9 cm³/mol. The van der Waals surface area contributed by atoms with Crippen molar-refractivity contribution in [3.63, 3.8) is 0 Å². The van der Waals surface area contributed by atoms with E-state index >= 15 is 0 Å².